The maximum atomic E-state index is 12.8. The van der Waals surface area contributed by atoms with Crippen LogP contribution in [0.4, 0.5) is 30.4 Å². The number of nitrogens with zero attached hydrogens (tertiary/aromatic N) is 2. The summed E-state index contributed by atoms with van der Waals surface area (Å²) >= 11 is 0. The Kier molecular flexibility index (Phi) is 5.13. The Morgan fingerprint density at radius 3 is 2.29 bits per heavy atom. The highest BCUT2D eigenvalue weighted by Gasteiger charge is 2.34. The molecule has 1 amide bonds. The van der Waals surface area contributed by atoms with Gasteiger partial charge in [-0.15, -0.1) is 0 Å². The molecular formula is C20H19F3N4O. The predicted molar refractivity (Wildman–Crippen MR) is 102 cm³/mol. The number of aryl methyl sites for hydroxylation is 3. The number of hydrogen-bond acceptors (Lipinski definition) is 3. The van der Waals surface area contributed by atoms with E-state index in [1.165, 1.54) is 7.05 Å². The first-order valence-electron chi connectivity index (χ1n) is 8.51. The van der Waals surface area contributed by atoms with Gasteiger partial charge in [0.1, 0.15) is 5.82 Å². The first-order chi connectivity index (χ1) is 13.2. The third-order valence-corrected chi connectivity index (χ3v) is 4.32. The zero-order valence-electron chi connectivity index (χ0n) is 15.6. The molecule has 0 atom stereocenters. The van der Waals surface area contributed by atoms with Crippen molar-refractivity contribution in [2.24, 2.45) is 7.05 Å². The van der Waals surface area contributed by atoms with E-state index < -0.39 is 17.8 Å². The second-order valence-corrected chi connectivity index (χ2v) is 6.43. The summed E-state index contributed by atoms with van der Waals surface area (Å²) in [4.78, 5) is 12.7. The molecule has 8 heteroatoms. The van der Waals surface area contributed by atoms with Gasteiger partial charge < -0.3 is 10.6 Å². The van der Waals surface area contributed by atoms with E-state index in [0.717, 1.165) is 27.6 Å². The van der Waals surface area contributed by atoms with Crippen molar-refractivity contribution in [3.63, 3.8) is 0 Å². The third-order valence-electron chi connectivity index (χ3n) is 4.32. The lowest BCUT2D eigenvalue weighted by atomic mass is 10.1. The van der Waals surface area contributed by atoms with E-state index in [4.69, 9.17) is 0 Å². The molecule has 0 unspecified atom stereocenters. The lowest BCUT2D eigenvalue weighted by Crippen LogP contribution is -2.16. The van der Waals surface area contributed by atoms with Crippen molar-refractivity contribution in [3.8, 4) is 0 Å². The molecule has 0 saturated carbocycles. The molecule has 2 aromatic carbocycles. The summed E-state index contributed by atoms with van der Waals surface area (Å²) in [5.74, 6) is -0.578. The molecule has 1 aromatic heterocycles. The molecule has 0 aliphatic rings. The van der Waals surface area contributed by atoms with Gasteiger partial charge in [0.05, 0.1) is 11.3 Å². The molecule has 3 aromatic rings. The number of amides is 1. The summed E-state index contributed by atoms with van der Waals surface area (Å²) in [6.45, 7) is 3.90. The zero-order chi connectivity index (χ0) is 20.5. The normalized spacial score (nSPS) is 11.4. The fourth-order valence-corrected chi connectivity index (χ4v) is 2.84. The Morgan fingerprint density at radius 1 is 1.04 bits per heavy atom. The second kappa shape index (κ2) is 7.38. The van der Waals surface area contributed by atoms with Crippen molar-refractivity contribution in [1.29, 1.82) is 0 Å². The SMILES string of the molecule is Cc1cccc(C)c1Nc1ccccc1C(=O)Nc1cc(C(F)(F)F)nn1C. The molecule has 0 bridgehead atoms. The van der Waals surface area contributed by atoms with Crippen molar-refractivity contribution in [2.45, 2.75) is 20.0 Å². The van der Waals surface area contributed by atoms with Crippen LogP contribution >= 0.6 is 0 Å². The average Bonchev–Trinajstić information content (AvgIpc) is 2.99. The number of aromatic nitrogens is 2. The number of alkyl halides is 3. The van der Waals surface area contributed by atoms with Gasteiger partial charge in [-0.25, -0.2) is 0 Å². The smallest absolute Gasteiger partial charge is 0.354 e. The van der Waals surface area contributed by atoms with Crippen LogP contribution in [0.25, 0.3) is 0 Å². The van der Waals surface area contributed by atoms with Crippen LogP contribution in [-0.4, -0.2) is 15.7 Å². The van der Waals surface area contributed by atoms with Gasteiger partial charge in [-0.1, -0.05) is 30.3 Å². The zero-order valence-corrected chi connectivity index (χ0v) is 15.6. The molecule has 2 N–H and O–H groups in total. The Labute approximate surface area is 160 Å². The minimum Gasteiger partial charge on any atom is -0.354 e. The van der Waals surface area contributed by atoms with Crippen LogP contribution in [0.5, 0.6) is 0 Å². The number of halogens is 3. The number of rotatable bonds is 4. The molecular weight excluding hydrogens is 369 g/mol. The minimum atomic E-state index is -4.58. The maximum absolute atomic E-state index is 12.8. The lowest BCUT2D eigenvalue weighted by Gasteiger charge is -2.16. The predicted octanol–water partition coefficient (Wildman–Crippen LogP) is 5.05. The highest BCUT2D eigenvalue weighted by Crippen LogP contribution is 2.30. The number of nitrogens with one attached hydrogen (secondary N) is 2. The third kappa shape index (κ3) is 4.00. The standard InChI is InChI=1S/C20H19F3N4O/c1-12-7-6-8-13(2)18(12)24-15-10-5-4-9-14(15)19(28)25-17-11-16(20(21,22)23)26-27(17)3/h4-11,24H,1-3H3,(H,25,28). The quantitative estimate of drug-likeness (QED) is 0.657. The van der Waals surface area contributed by atoms with E-state index in [1.54, 1.807) is 24.3 Å². The van der Waals surface area contributed by atoms with Crippen molar-refractivity contribution in [3.05, 3.63) is 70.9 Å². The van der Waals surface area contributed by atoms with Gasteiger partial charge in [0.2, 0.25) is 0 Å². The summed E-state index contributed by atoms with van der Waals surface area (Å²) in [5.41, 5.74) is 2.69. The molecule has 1 heterocycles. The average molecular weight is 388 g/mol. The number of carbonyl (C=O) groups excluding carboxylic acids is 1. The minimum absolute atomic E-state index is 0.0424. The Balaban J connectivity index is 1.89. The van der Waals surface area contributed by atoms with Crippen LogP contribution in [0, 0.1) is 13.8 Å². The van der Waals surface area contributed by atoms with Gasteiger partial charge >= 0.3 is 6.18 Å². The van der Waals surface area contributed by atoms with Crippen molar-refractivity contribution >= 4 is 23.1 Å². The number of benzene rings is 2. The Hall–Kier alpha value is -3.29. The molecule has 3 rings (SSSR count). The van der Waals surface area contributed by atoms with Crippen LogP contribution in [0.15, 0.2) is 48.5 Å². The van der Waals surface area contributed by atoms with Crippen LogP contribution in [0.2, 0.25) is 0 Å². The van der Waals surface area contributed by atoms with E-state index >= 15 is 0 Å². The van der Waals surface area contributed by atoms with E-state index in [2.05, 4.69) is 15.7 Å². The molecule has 5 nitrogen and oxygen atoms in total. The monoisotopic (exact) mass is 388 g/mol. The first kappa shape index (κ1) is 19.5. The first-order valence-corrected chi connectivity index (χ1v) is 8.51. The highest BCUT2D eigenvalue weighted by molar-refractivity contribution is 6.08. The second-order valence-electron chi connectivity index (χ2n) is 6.43. The molecule has 0 aliphatic carbocycles. The summed E-state index contributed by atoms with van der Waals surface area (Å²) in [7, 11) is 1.34. The molecule has 0 fully saturated rings. The molecule has 0 saturated heterocycles. The van der Waals surface area contributed by atoms with E-state index in [9.17, 15) is 18.0 Å². The van der Waals surface area contributed by atoms with Crippen molar-refractivity contribution < 1.29 is 18.0 Å². The molecule has 146 valence electrons. The molecule has 0 radical (unpaired) electrons. The van der Waals surface area contributed by atoms with Gasteiger partial charge in [-0.05, 0) is 37.1 Å². The summed E-state index contributed by atoms with van der Waals surface area (Å²) < 4.78 is 39.5. The lowest BCUT2D eigenvalue weighted by molar-refractivity contribution is -0.141. The molecule has 0 aliphatic heterocycles. The van der Waals surface area contributed by atoms with Crippen LogP contribution in [0.1, 0.15) is 27.2 Å². The van der Waals surface area contributed by atoms with Crippen molar-refractivity contribution in [2.75, 3.05) is 10.6 Å². The van der Waals surface area contributed by atoms with E-state index in [-0.39, 0.29) is 5.82 Å². The van der Waals surface area contributed by atoms with E-state index in [0.29, 0.717) is 11.3 Å². The fraction of sp³-hybridized carbons (Fsp3) is 0.200. The fourth-order valence-electron chi connectivity index (χ4n) is 2.84. The summed E-state index contributed by atoms with van der Waals surface area (Å²) in [6.07, 6.45) is -4.58. The highest BCUT2D eigenvalue weighted by atomic mass is 19.4. The number of anilines is 3. The number of para-hydroxylation sites is 2. The summed E-state index contributed by atoms with van der Waals surface area (Å²) in [5, 5.41) is 9.16. The van der Waals surface area contributed by atoms with Crippen molar-refractivity contribution in [1.82, 2.24) is 9.78 Å². The summed E-state index contributed by atoms with van der Waals surface area (Å²) in [6, 6.07) is 13.5. The maximum Gasteiger partial charge on any atom is 0.435 e. The van der Waals surface area contributed by atoms with Crippen LogP contribution in [-0.2, 0) is 13.2 Å². The topological polar surface area (TPSA) is 59.0 Å². The van der Waals surface area contributed by atoms with Gasteiger partial charge in [0, 0.05) is 18.8 Å². The Bertz CT molecular complexity index is 1000. The molecule has 0 spiro atoms. The van der Waals surface area contributed by atoms with Gasteiger partial charge in [-0.3, -0.25) is 9.48 Å². The Morgan fingerprint density at radius 2 is 1.68 bits per heavy atom. The number of hydrogen-bond donors (Lipinski definition) is 2. The van der Waals surface area contributed by atoms with Gasteiger partial charge in [-0.2, -0.15) is 18.3 Å². The largest absolute Gasteiger partial charge is 0.435 e. The van der Waals surface area contributed by atoms with Crippen LogP contribution in [0.3, 0.4) is 0 Å². The molecule has 28 heavy (non-hydrogen) atoms. The number of carbonyl (C=O) groups is 1. The van der Waals surface area contributed by atoms with E-state index in [1.807, 2.05) is 32.0 Å². The van der Waals surface area contributed by atoms with Gasteiger partial charge in [0.25, 0.3) is 5.91 Å². The van der Waals surface area contributed by atoms with Gasteiger partial charge in [0.15, 0.2) is 5.69 Å². The van der Waals surface area contributed by atoms with Crippen LogP contribution < -0.4 is 10.6 Å².